The van der Waals surface area contributed by atoms with Crippen LogP contribution in [0, 0.1) is 0 Å². The van der Waals surface area contributed by atoms with Gasteiger partial charge in [-0.1, -0.05) is 18.2 Å². The molecule has 0 radical (unpaired) electrons. The van der Waals surface area contributed by atoms with Crippen LogP contribution in [0.25, 0.3) is 0 Å². The summed E-state index contributed by atoms with van der Waals surface area (Å²) < 4.78 is 5.03. The number of aromatic nitrogens is 2. The van der Waals surface area contributed by atoms with Crippen molar-refractivity contribution in [1.82, 2.24) is 14.9 Å². The van der Waals surface area contributed by atoms with Crippen molar-refractivity contribution in [2.75, 3.05) is 49.1 Å². The van der Waals surface area contributed by atoms with E-state index < -0.39 is 0 Å². The summed E-state index contributed by atoms with van der Waals surface area (Å²) in [5.74, 6) is 0.491. The molecule has 1 fully saturated rings. The number of para-hydroxylation sites is 1. The number of nitrogens with zero attached hydrogens (tertiary/aromatic N) is 5. The van der Waals surface area contributed by atoms with Gasteiger partial charge in [0, 0.05) is 50.8 Å². The summed E-state index contributed by atoms with van der Waals surface area (Å²) >= 11 is 0. The number of carbonyl (C=O) groups excluding carboxylic acids is 2. The van der Waals surface area contributed by atoms with E-state index in [1.807, 2.05) is 23.1 Å². The first kappa shape index (κ1) is 18.2. The molecule has 0 atom stereocenters. The highest BCUT2D eigenvalue weighted by atomic mass is 16.6. The lowest BCUT2D eigenvalue weighted by Crippen LogP contribution is -2.49. The third kappa shape index (κ3) is 3.49. The predicted octanol–water partition coefficient (Wildman–Crippen LogP) is 1.96. The fraction of sp³-hybridized carbons (Fsp3) is 0.400. The van der Waals surface area contributed by atoms with Crippen LogP contribution in [0.1, 0.15) is 22.8 Å². The number of piperazine rings is 1. The molecule has 8 nitrogen and oxygen atoms in total. The zero-order valence-corrected chi connectivity index (χ0v) is 15.9. The predicted molar refractivity (Wildman–Crippen MR) is 105 cm³/mol. The van der Waals surface area contributed by atoms with E-state index in [4.69, 9.17) is 4.74 Å². The number of anilines is 2. The molecule has 2 aliphatic rings. The summed E-state index contributed by atoms with van der Waals surface area (Å²) in [6.07, 6.45) is 3.76. The van der Waals surface area contributed by atoms with Gasteiger partial charge in [0.1, 0.15) is 0 Å². The summed E-state index contributed by atoms with van der Waals surface area (Å²) in [7, 11) is 0. The van der Waals surface area contributed by atoms with Crippen molar-refractivity contribution in [3.63, 3.8) is 0 Å². The molecule has 0 unspecified atom stereocenters. The third-order valence-electron chi connectivity index (χ3n) is 5.11. The van der Waals surface area contributed by atoms with Crippen LogP contribution in [-0.4, -0.2) is 66.2 Å². The summed E-state index contributed by atoms with van der Waals surface area (Å²) in [4.78, 5) is 38.9. The largest absolute Gasteiger partial charge is 0.450 e. The van der Waals surface area contributed by atoms with Gasteiger partial charge < -0.3 is 19.4 Å². The van der Waals surface area contributed by atoms with Gasteiger partial charge in [-0.05, 0) is 25.0 Å². The molecule has 0 spiro atoms. The minimum absolute atomic E-state index is 0.0800. The fourth-order valence-corrected chi connectivity index (χ4v) is 3.60. The maximum atomic E-state index is 12.9. The normalized spacial score (nSPS) is 16.1. The summed E-state index contributed by atoms with van der Waals surface area (Å²) in [6, 6.07) is 7.96. The molecule has 0 N–H and O–H groups in total. The quantitative estimate of drug-likeness (QED) is 0.809. The maximum Gasteiger partial charge on any atom is 0.409 e. The molecule has 4 rings (SSSR count). The van der Waals surface area contributed by atoms with Gasteiger partial charge in [0.25, 0.3) is 5.91 Å². The van der Waals surface area contributed by atoms with Gasteiger partial charge in [0.15, 0.2) is 0 Å². The molecular weight excluding hydrogens is 358 g/mol. The highest BCUT2D eigenvalue weighted by molar-refractivity contribution is 6.06. The second-order valence-corrected chi connectivity index (χ2v) is 6.78. The Bertz CT molecular complexity index is 862. The number of hydrogen-bond acceptors (Lipinski definition) is 6. The first-order valence-corrected chi connectivity index (χ1v) is 9.56. The van der Waals surface area contributed by atoms with Crippen molar-refractivity contribution < 1.29 is 14.3 Å². The number of rotatable bonds is 3. The summed E-state index contributed by atoms with van der Waals surface area (Å²) in [5.41, 5.74) is 2.63. The molecule has 0 aliphatic carbocycles. The highest BCUT2D eigenvalue weighted by Crippen LogP contribution is 2.28. The van der Waals surface area contributed by atoms with E-state index in [2.05, 4.69) is 16.0 Å². The van der Waals surface area contributed by atoms with Crippen molar-refractivity contribution in [1.29, 1.82) is 0 Å². The SMILES string of the molecule is CCOC(=O)N1CCN(c2ncc(C(=O)N3CCc4ccccc43)cn2)CC1. The van der Waals surface area contributed by atoms with Gasteiger partial charge >= 0.3 is 6.09 Å². The highest BCUT2D eigenvalue weighted by Gasteiger charge is 2.27. The molecule has 2 aromatic rings. The Morgan fingerprint density at radius 3 is 2.46 bits per heavy atom. The summed E-state index contributed by atoms with van der Waals surface area (Å²) in [6.45, 7) is 5.23. The monoisotopic (exact) mass is 381 g/mol. The Morgan fingerprint density at radius 2 is 1.75 bits per heavy atom. The Morgan fingerprint density at radius 1 is 1.04 bits per heavy atom. The molecule has 3 heterocycles. The lowest BCUT2D eigenvalue weighted by atomic mass is 10.2. The molecule has 1 aromatic carbocycles. The van der Waals surface area contributed by atoms with Crippen LogP contribution in [0.4, 0.5) is 16.4 Å². The van der Waals surface area contributed by atoms with Gasteiger partial charge in [-0.3, -0.25) is 4.79 Å². The number of carbonyl (C=O) groups is 2. The van der Waals surface area contributed by atoms with Crippen LogP contribution in [0.5, 0.6) is 0 Å². The maximum absolute atomic E-state index is 12.9. The number of amides is 2. The van der Waals surface area contributed by atoms with Crippen LogP contribution in [0.3, 0.4) is 0 Å². The molecular formula is C20H23N5O3. The minimum atomic E-state index is -0.282. The number of fused-ring (bicyclic) bond motifs is 1. The van der Waals surface area contributed by atoms with E-state index in [1.165, 1.54) is 5.56 Å². The second-order valence-electron chi connectivity index (χ2n) is 6.78. The van der Waals surface area contributed by atoms with E-state index in [9.17, 15) is 9.59 Å². The minimum Gasteiger partial charge on any atom is -0.450 e. The lowest BCUT2D eigenvalue weighted by molar-refractivity contribution is 0.0987. The van der Waals surface area contributed by atoms with Gasteiger partial charge in [0.05, 0.1) is 12.2 Å². The standard InChI is InChI=1S/C20H23N5O3/c1-2-28-20(27)24-11-9-23(10-12-24)19-21-13-16(14-22-19)18(26)25-8-7-15-5-3-4-6-17(15)25/h3-6,13-14H,2,7-12H2,1H3. The van der Waals surface area contributed by atoms with Gasteiger partial charge in [-0.25, -0.2) is 14.8 Å². The first-order valence-electron chi connectivity index (χ1n) is 9.56. The molecule has 8 heteroatoms. The van der Waals surface area contributed by atoms with Gasteiger partial charge in [-0.2, -0.15) is 0 Å². The average molecular weight is 381 g/mol. The average Bonchev–Trinajstić information content (AvgIpc) is 3.18. The van der Waals surface area contributed by atoms with Crippen molar-refractivity contribution in [2.24, 2.45) is 0 Å². The van der Waals surface area contributed by atoms with Crippen molar-refractivity contribution >= 4 is 23.6 Å². The molecule has 2 amide bonds. The number of ether oxygens (including phenoxy) is 1. The molecule has 0 bridgehead atoms. The van der Waals surface area contributed by atoms with Gasteiger partial charge in [0.2, 0.25) is 5.95 Å². The first-order chi connectivity index (χ1) is 13.7. The molecule has 146 valence electrons. The van der Waals surface area contributed by atoms with Crippen LogP contribution < -0.4 is 9.80 Å². The van der Waals surface area contributed by atoms with Crippen LogP contribution in [0.2, 0.25) is 0 Å². The van der Waals surface area contributed by atoms with E-state index in [-0.39, 0.29) is 12.0 Å². The Hall–Kier alpha value is -3.16. The molecule has 1 aromatic heterocycles. The zero-order chi connectivity index (χ0) is 19.5. The summed E-state index contributed by atoms with van der Waals surface area (Å²) in [5, 5.41) is 0. The van der Waals surface area contributed by atoms with Crippen molar-refractivity contribution in [3.05, 3.63) is 47.8 Å². The van der Waals surface area contributed by atoms with E-state index in [0.29, 0.717) is 50.8 Å². The van der Waals surface area contributed by atoms with Crippen LogP contribution in [0.15, 0.2) is 36.7 Å². The van der Waals surface area contributed by atoms with Crippen LogP contribution in [-0.2, 0) is 11.2 Å². The van der Waals surface area contributed by atoms with E-state index in [1.54, 1.807) is 29.1 Å². The second kappa shape index (κ2) is 7.84. The van der Waals surface area contributed by atoms with Crippen molar-refractivity contribution in [3.8, 4) is 0 Å². The zero-order valence-electron chi connectivity index (χ0n) is 15.9. The Balaban J connectivity index is 1.40. The van der Waals surface area contributed by atoms with Gasteiger partial charge in [-0.15, -0.1) is 0 Å². The van der Waals surface area contributed by atoms with Crippen molar-refractivity contribution in [2.45, 2.75) is 13.3 Å². The van der Waals surface area contributed by atoms with E-state index >= 15 is 0 Å². The topological polar surface area (TPSA) is 78.9 Å². The molecule has 2 aliphatic heterocycles. The Labute approximate surface area is 163 Å². The smallest absolute Gasteiger partial charge is 0.409 e. The third-order valence-corrected chi connectivity index (χ3v) is 5.11. The molecule has 1 saturated heterocycles. The fourth-order valence-electron chi connectivity index (χ4n) is 3.60. The lowest BCUT2D eigenvalue weighted by Gasteiger charge is -2.33. The number of benzene rings is 1. The van der Waals surface area contributed by atoms with E-state index in [0.717, 1.165) is 12.1 Å². The number of hydrogen-bond donors (Lipinski definition) is 0. The molecule has 0 saturated carbocycles. The van der Waals surface area contributed by atoms with Crippen LogP contribution >= 0.6 is 0 Å². The Kier molecular flexibility index (Phi) is 5.10. The molecule has 28 heavy (non-hydrogen) atoms.